The van der Waals surface area contributed by atoms with Crippen LogP contribution in [0.1, 0.15) is 17.3 Å². The third-order valence-electron chi connectivity index (χ3n) is 5.82. The van der Waals surface area contributed by atoms with E-state index in [1.54, 1.807) is 20.4 Å². The van der Waals surface area contributed by atoms with Crippen molar-refractivity contribution in [3.63, 3.8) is 0 Å². The highest BCUT2D eigenvalue weighted by atomic mass is 32.2. The van der Waals surface area contributed by atoms with E-state index in [-0.39, 0.29) is 11.0 Å². The van der Waals surface area contributed by atoms with Gasteiger partial charge in [-0.3, -0.25) is 9.36 Å². The number of carbonyl (C=O) groups excluding carboxylic acids is 1. The number of carbonyl (C=O) groups is 1. The highest BCUT2D eigenvalue weighted by molar-refractivity contribution is 8.00. The number of nitrogens with one attached hydrogen (secondary N) is 1. The fourth-order valence-electron chi connectivity index (χ4n) is 4.02. The summed E-state index contributed by atoms with van der Waals surface area (Å²) in [6.07, 6.45) is 1.78. The number of rotatable bonds is 8. The molecule has 1 N–H and O–H groups in total. The molecular formula is C27H24N4O3S. The average Bonchev–Trinajstić information content (AvgIpc) is 3.52. The van der Waals surface area contributed by atoms with Crippen molar-refractivity contribution < 1.29 is 14.3 Å². The van der Waals surface area contributed by atoms with Gasteiger partial charge in [0, 0.05) is 22.7 Å². The smallest absolute Gasteiger partial charge is 0.196 e. The van der Waals surface area contributed by atoms with Gasteiger partial charge in [-0.25, -0.2) is 0 Å². The zero-order valence-electron chi connectivity index (χ0n) is 19.6. The Labute approximate surface area is 207 Å². The summed E-state index contributed by atoms with van der Waals surface area (Å²) in [5.74, 6) is 2.09. The average molecular weight is 485 g/mol. The van der Waals surface area contributed by atoms with Crippen LogP contribution < -0.4 is 9.47 Å². The molecule has 0 amide bonds. The lowest BCUT2D eigenvalue weighted by Gasteiger charge is -2.14. The van der Waals surface area contributed by atoms with Gasteiger partial charge in [-0.2, -0.15) is 0 Å². The van der Waals surface area contributed by atoms with E-state index in [0.717, 1.165) is 27.9 Å². The van der Waals surface area contributed by atoms with Crippen LogP contribution in [-0.2, 0) is 0 Å². The van der Waals surface area contributed by atoms with E-state index in [1.165, 1.54) is 11.8 Å². The summed E-state index contributed by atoms with van der Waals surface area (Å²) in [7, 11) is 3.26. The van der Waals surface area contributed by atoms with Crippen molar-refractivity contribution in [2.75, 3.05) is 14.2 Å². The molecule has 0 saturated heterocycles. The molecule has 0 bridgehead atoms. The van der Waals surface area contributed by atoms with Gasteiger partial charge in [-0.15, -0.1) is 10.2 Å². The number of fused-ring (bicyclic) bond motifs is 1. The van der Waals surface area contributed by atoms with Crippen molar-refractivity contribution >= 4 is 28.4 Å². The van der Waals surface area contributed by atoms with E-state index in [4.69, 9.17) is 9.47 Å². The molecule has 5 aromatic rings. The highest BCUT2D eigenvalue weighted by Crippen LogP contribution is 2.35. The summed E-state index contributed by atoms with van der Waals surface area (Å²) in [6.45, 7) is 1.89. The third kappa shape index (κ3) is 4.28. The minimum atomic E-state index is -0.388. The Kier molecular flexibility index (Phi) is 6.29. The number of nitrogens with zero attached hydrogens (tertiary/aromatic N) is 3. The number of benzene rings is 3. The van der Waals surface area contributed by atoms with Crippen LogP contribution in [0.15, 0.2) is 84.1 Å². The summed E-state index contributed by atoms with van der Waals surface area (Å²) in [5, 5.41) is 10.1. The molecule has 0 aliphatic heterocycles. The lowest BCUT2D eigenvalue weighted by atomic mass is 10.1. The number of hydrogen-bond acceptors (Lipinski definition) is 6. The minimum absolute atomic E-state index is 0.0237. The van der Waals surface area contributed by atoms with E-state index >= 15 is 0 Å². The number of Topliss-reactive ketones (excluding diaryl/α,β-unsaturated/α-hetero) is 1. The van der Waals surface area contributed by atoms with Crippen LogP contribution in [0.25, 0.3) is 28.0 Å². The standard InChI is InChI=1S/C27H24N4O3S/c1-17(25(32)22-16-28-23-10-6-4-8-20(22)23)35-27-30-29-26(21-9-5-7-11-24(21)34-3)31(27)18-12-14-19(33-2)15-13-18/h4-17,28H,1-3H3. The number of aromatic nitrogens is 4. The quantitative estimate of drug-likeness (QED) is 0.222. The number of hydrogen-bond donors (Lipinski definition) is 1. The Bertz CT molecular complexity index is 1490. The summed E-state index contributed by atoms with van der Waals surface area (Å²) < 4.78 is 12.9. The maximum absolute atomic E-state index is 13.4. The molecule has 2 heterocycles. The van der Waals surface area contributed by atoms with Gasteiger partial charge >= 0.3 is 0 Å². The normalized spacial score (nSPS) is 12.0. The number of para-hydroxylation sites is 2. The number of H-pyrrole nitrogens is 1. The van der Waals surface area contributed by atoms with Crippen LogP contribution in [0.3, 0.4) is 0 Å². The van der Waals surface area contributed by atoms with Gasteiger partial charge in [-0.1, -0.05) is 42.1 Å². The van der Waals surface area contributed by atoms with Gasteiger partial charge in [0.2, 0.25) is 0 Å². The summed E-state index contributed by atoms with van der Waals surface area (Å²) >= 11 is 1.37. The zero-order chi connectivity index (χ0) is 24.4. The molecule has 0 aliphatic rings. The first kappa shape index (κ1) is 22.7. The second-order valence-corrected chi connectivity index (χ2v) is 9.22. The molecule has 0 saturated carbocycles. The fraction of sp³-hybridized carbons (Fsp3) is 0.148. The number of ketones is 1. The molecule has 0 fully saturated rings. The van der Waals surface area contributed by atoms with Crippen LogP contribution in [0.4, 0.5) is 0 Å². The SMILES string of the molecule is COc1ccc(-n2c(SC(C)C(=O)c3c[nH]c4ccccc34)nnc2-c2ccccc2OC)cc1. The van der Waals surface area contributed by atoms with Crippen molar-refractivity contribution in [1.29, 1.82) is 0 Å². The van der Waals surface area contributed by atoms with Crippen molar-refractivity contribution in [2.24, 2.45) is 0 Å². The van der Waals surface area contributed by atoms with Crippen molar-refractivity contribution in [3.05, 3.63) is 84.6 Å². The first-order valence-corrected chi connectivity index (χ1v) is 12.0. The summed E-state index contributed by atoms with van der Waals surface area (Å²) in [4.78, 5) is 16.6. The van der Waals surface area contributed by atoms with E-state index in [1.807, 2.05) is 84.3 Å². The molecular weight excluding hydrogens is 460 g/mol. The Balaban J connectivity index is 1.55. The van der Waals surface area contributed by atoms with Gasteiger partial charge in [0.15, 0.2) is 16.8 Å². The monoisotopic (exact) mass is 484 g/mol. The van der Waals surface area contributed by atoms with Crippen LogP contribution in [0.2, 0.25) is 0 Å². The molecule has 8 heteroatoms. The Morgan fingerprint density at radius 2 is 1.69 bits per heavy atom. The molecule has 7 nitrogen and oxygen atoms in total. The number of aromatic amines is 1. The topological polar surface area (TPSA) is 82.0 Å². The van der Waals surface area contributed by atoms with Crippen LogP contribution in [0, 0.1) is 0 Å². The Morgan fingerprint density at radius 1 is 0.943 bits per heavy atom. The summed E-state index contributed by atoms with van der Waals surface area (Å²) in [5.41, 5.74) is 3.26. The highest BCUT2D eigenvalue weighted by Gasteiger charge is 2.25. The molecule has 2 aromatic heterocycles. The molecule has 0 radical (unpaired) electrons. The van der Waals surface area contributed by atoms with Crippen molar-refractivity contribution in [3.8, 4) is 28.6 Å². The lowest BCUT2D eigenvalue weighted by Crippen LogP contribution is -2.14. The van der Waals surface area contributed by atoms with Gasteiger partial charge < -0.3 is 14.5 Å². The molecule has 3 aromatic carbocycles. The van der Waals surface area contributed by atoms with Crippen molar-refractivity contribution in [1.82, 2.24) is 19.7 Å². The van der Waals surface area contributed by atoms with Gasteiger partial charge in [-0.05, 0) is 49.4 Å². The second-order valence-electron chi connectivity index (χ2n) is 7.91. The predicted molar refractivity (Wildman–Crippen MR) is 138 cm³/mol. The maximum atomic E-state index is 13.4. The molecule has 1 atom stereocenters. The largest absolute Gasteiger partial charge is 0.497 e. The molecule has 0 aliphatic carbocycles. The molecule has 1 unspecified atom stereocenters. The second kappa shape index (κ2) is 9.68. The first-order chi connectivity index (χ1) is 17.1. The lowest BCUT2D eigenvalue weighted by molar-refractivity contribution is 0.0995. The molecule has 0 spiro atoms. The molecule has 35 heavy (non-hydrogen) atoms. The molecule has 176 valence electrons. The van der Waals surface area contributed by atoms with Gasteiger partial charge in [0.05, 0.1) is 30.7 Å². The van der Waals surface area contributed by atoms with E-state index in [2.05, 4.69) is 15.2 Å². The first-order valence-electron chi connectivity index (χ1n) is 11.1. The zero-order valence-corrected chi connectivity index (χ0v) is 20.4. The summed E-state index contributed by atoms with van der Waals surface area (Å²) in [6, 6.07) is 23.1. The predicted octanol–water partition coefficient (Wildman–Crippen LogP) is 5.80. The van der Waals surface area contributed by atoms with Crippen LogP contribution >= 0.6 is 11.8 Å². The Hall–Kier alpha value is -4.04. The maximum Gasteiger partial charge on any atom is 0.196 e. The van der Waals surface area contributed by atoms with E-state index in [0.29, 0.717) is 22.3 Å². The number of ether oxygens (including phenoxy) is 2. The Morgan fingerprint density at radius 3 is 2.46 bits per heavy atom. The number of thioether (sulfide) groups is 1. The van der Waals surface area contributed by atoms with Gasteiger partial charge in [0.25, 0.3) is 0 Å². The van der Waals surface area contributed by atoms with E-state index < -0.39 is 0 Å². The number of methoxy groups -OCH3 is 2. The molecule has 5 rings (SSSR count). The van der Waals surface area contributed by atoms with E-state index in [9.17, 15) is 4.79 Å². The van der Waals surface area contributed by atoms with Crippen LogP contribution in [-0.4, -0.2) is 45.0 Å². The van der Waals surface area contributed by atoms with Crippen LogP contribution in [0.5, 0.6) is 11.5 Å². The van der Waals surface area contributed by atoms with Gasteiger partial charge in [0.1, 0.15) is 11.5 Å². The minimum Gasteiger partial charge on any atom is -0.497 e. The fourth-order valence-corrected chi connectivity index (χ4v) is 4.96. The third-order valence-corrected chi connectivity index (χ3v) is 6.86. The van der Waals surface area contributed by atoms with Crippen molar-refractivity contribution in [2.45, 2.75) is 17.3 Å².